The molecule has 18 heavy (non-hydrogen) atoms. The maximum Gasteiger partial charge on any atom is 0.338 e. The third kappa shape index (κ3) is 5.19. The van der Waals surface area contributed by atoms with Crippen molar-refractivity contribution in [3.8, 4) is 0 Å². The van der Waals surface area contributed by atoms with Gasteiger partial charge in [0.25, 0.3) is 5.92 Å². The fraction of sp³-hybridized carbons (Fsp3) is 0.300. The first-order valence-electron chi connectivity index (χ1n) is 4.73. The zero-order chi connectivity index (χ0) is 13.8. The Kier molecular flexibility index (Phi) is 4.36. The summed E-state index contributed by atoms with van der Waals surface area (Å²) in [7, 11) is -5.09. The number of halogens is 2. The molecule has 1 aromatic rings. The van der Waals surface area contributed by atoms with Crippen LogP contribution in [-0.4, -0.2) is 37.2 Å². The summed E-state index contributed by atoms with van der Waals surface area (Å²) >= 11 is 0. The van der Waals surface area contributed by atoms with Crippen LogP contribution in [0.3, 0.4) is 0 Å². The summed E-state index contributed by atoms with van der Waals surface area (Å²) in [5.41, 5.74) is 0.0540. The third-order valence-electron chi connectivity index (χ3n) is 1.81. The molecule has 0 aliphatic heterocycles. The van der Waals surface area contributed by atoms with E-state index < -0.39 is 34.4 Å². The van der Waals surface area contributed by atoms with Crippen LogP contribution >= 0.6 is 0 Å². The Morgan fingerprint density at radius 2 is 1.83 bits per heavy atom. The van der Waals surface area contributed by atoms with Crippen LogP contribution in [0.15, 0.2) is 30.3 Å². The molecule has 0 aromatic heterocycles. The highest BCUT2D eigenvalue weighted by atomic mass is 32.2. The first kappa shape index (κ1) is 14.5. The molecule has 5 nitrogen and oxygen atoms in total. The quantitative estimate of drug-likeness (QED) is 0.593. The van der Waals surface area contributed by atoms with Crippen LogP contribution in [0.4, 0.5) is 8.78 Å². The van der Waals surface area contributed by atoms with Gasteiger partial charge in [-0.15, -0.1) is 0 Å². The second-order valence-electron chi connectivity index (χ2n) is 3.50. The van der Waals surface area contributed by atoms with Gasteiger partial charge in [0.05, 0.1) is 5.56 Å². The number of esters is 1. The molecule has 1 rings (SSSR count). The number of carbonyl (C=O) groups is 1. The van der Waals surface area contributed by atoms with E-state index in [-0.39, 0.29) is 5.56 Å². The minimum atomic E-state index is -5.09. The molecule has 0 fully saturated rings. The van der Waals surface area contributed by atoms with Gasteiger partial charge in [-0.1, -0.05) is 18.2 Å². The van der Waals surface area contributed by atoms with Crippen LogP contribution in [0.5, 0.6) is 0 Å². The number of alkyl halides is 2. The Morgan fingerprint density at radius 1 is 1.28 bits per heavy atom. The van der Waals surface area contributed by atoms with Crippen molar-refractivity contribution in [1.29, 1.82) is 0 Å². The first-order chi connectivity index (χ1) is 8.20. The van der Waals surface area contributed by atoms with Crippen molar-refractivity contribution in [2.75, 3.05) is 12.4 Å². The zero-order valence-corrected chi connectivity index (χ0v) is 9.82. The normalized spacial score (nSPS) is 12.2. The molecule has 0 radical (unpaired) electrons. The van der Waals surface area contributed by atoms with Gasteiger partial charge < -0.3 is 9.29 Å². The molecule has 0 heterocycles. The van der Waals surface area contributed by atoms with Crippen molar-refractivity contribution in [2.45, 2.75) is 5.92 Å². The Balaban J connectivity index is 2.58. The fourth-order valence-electron chi connectivity index (χ4n) is 1.13. The summed E-state index contributed by atoms with van der Waals surface area (Å²) in [5, 5.41) is 0. The van der Waals surface area contributed by atoms with Crippen molar-refractivity contribution in [1.82, 2.24) is 0 Å². The summed E-state index contributed by atoms with van der Waals surface area (Å²) in [6.07, 6.45) is 0. The average molecular weight is 279 g/mol. The van der Waals surface area contributed by atoms with E-state index in [1.165, 1.54) is 24.3 Å². The van der Waals surface area contributed by atoms with Gasteiger partial charge in [-0.3, -0.25) is 0 Å². The minimum Gasteiger partial charge on any atom is -0.748 e. The summed E-state index contributed by atoms with van der Waals surface area (Å²) in [4.78, 5) is 11.3. The summed E-state index contributed by atoms with van der Waals surface area (Å²) in [5.74, 6) is -6.81. The predicted octanol–water partition coefficient (Wildman–Crippen LogP) is 1.02. The highest BCUT2D eigenvalue weighted by molar-refractivity contribution is 7.85. The third-order valence-corrected chi connectivity index (χ3v) is 2.59. The van der Waals surface area contributed by atoms with Gasteiger partial charge in [0.15, 0.2) is 6.61 Å². The molecule has 0 spiro atoms. The number of rotatable bonds is 5. The fourth-order valence-corrected chi connectivity index (χ4v) is 1.73. The molecule has 0 bridgehead atoms. The molecular weight excluding hydrogens is 270 g/mol. The summed E-state index contributed by atoms with van der Waals surface area (Å²) in [6.45, 7) is -1.46. The van der Waals surface area contributed by atoms with Crippen molar-refractivity contribution < 1.29 is 31.3 Å². The molecule has 0 saturated heterocycles. The lowest BCUT2D eigenvalue weighted by atomic mass is 10.2. The van der Waals surface area contributed by atoms with E-state index in [1.54, 1.807) is 6.07 Å². The largest absolute Gasteiger partial charge is 0.748 e. The van der Waals surface area contributed by atoms with Crippen LogP contribution in [0.2, 0.25) is 0 Å². The molecule has 0 aliphatic carbocycles. The lowest BCUT2D eigenvalue weighted by molar-refractivity contribution is -0.0450. The molecule has 8 heteroatoms. The van der Waals surface area contributed by atoms with Gasteiger partial charge in [0.2, 0.25) is 0 Å². The highest BCUT2D eigenvalue weighted by Gasteiger charge is 2.33. The lowest BCUT2D eigenvalue weighted by Gasteiger charge is -2.17. The zero-order valence-electron chi connectivity index (χ0n) is 9.01. The SMILES string of the molecule is O=C(OCC(F)(F)CS(=O)(=O)[O-])c1ccccc1. The average Bonchev–Trinajstić information content (AvgIpc) is 2.24. The van der Waals surface area contributed by atoms with Gasteiger partial charge in [0, 0.05) is 0 Å². The minimum absolute atomic E-state index is 0.0540. The van der Waals surface area contributed by atoms with Gasteiger partial charge in [-0.2, -0.15) is 0 Å². The Bertz CT molecular complexity index is 512. The predicted molar refractivity (Wildman–Crippen MR) is 56.2 cm³/mol. The smallest absolute Gasteiger partial charge is 0.338 e. The van der Waals surface area contributed by atoms with Crippen LogP contribution in [0.25, 0.3) is 0 Å². The van der Waals surface area contributed by atoms with Gasteiger partial charge in [-0.05, 0) is 12.1 Å². The molecule has 0 atom stereocenters. The van der Waals surface area contributed by atoms with Crippen LogP contribution in [-0.2, 0) is 14.9 Å². The van der Waals surface area contributed by atoms with Gasteiger partial charge in [-0.25, -0.2) is 22.0 Å². The second kappa shape index (κ2) is 5.40. The number of hydrogen-bond acceptors (Lipinski definition) is 5. The van der Waals surface area contributed by atoms with E-state index in [1.807, 2.05) is 0 Å². The van der Waals surface area contributed by atoms with Crippen molar-refractivity contribution in [3.05, 3.63) is 35.9 Å². The van der Waals surface area contributed by atoms with Gasteiger partial charge in [0.1, 0.15) is 15.9 Å². The summed E-state index contributed by atoms with van der Waals surface area (Å²) in [6, 6.07) is 7.35. The molecule has 0 N–H and O–H groups in total. The van der Waals surface area contributed by atoms with E-state index >= 15 is 0 Å². The second-order valence-corrected chi connectivity index (χ2v) is 4.90. The van der Waals surface area contributed by atoms with Crippen LogP contribution < -0.4 is 0 Å². The standard InChI is InChI=1S/C10H10F2O5S/c11-10(12,7-18(14,15)16)6-17-9(13)8-4-2-1-3-5-8/h1-5H,6-7H2,(H,14,15,16)/p-1. The molecule has 0 amide bonds. The number of carbonyl (C=O) groups excluding carboxylic acids is 1. The van der Waals surface area contributed by atoms with Crippen molar-refractivity contribution >= 4 is 16.1 Å². The first-order valence-corrected chi connectivity index (χ1v) is 6.31. The Hall–Kier alpha value is -1.54. The topological polar surface area (TPSA) is 83.5 Å². The molecule has 1 aromatic carbocycles. The van der Waals surface area contributed by atoms with Crippen LogP contribution in [0, 0.1) is 0 Å². The van der Waals surface area contributed by atoms with E-state index in [9.17, 15) is 26.5 Å². The number of hydrogen-bond donors (Lipinski definition) is 0. The summed E-state index contributed by atoms with van der Waals surface area (Å²) < 4.78 is 60.7. The highest BCUT2D eigenvalue weighted by Crippen LogP contribution is 2.17. The van der Waals surface area contributed by atoms with Gasteiger partial charge >= 0.3 is 5.97 Å². The molecular formula is C10H9F2O5S-. The number of benzene rings is 1. The van der Waals surface area contributed by atoms with Crippen LogP contribution in [0.1, 0.15) is 10.4 Å². The van der Waals surface area contributed by atoms with E-state index in [2.05, 4.69) is 4.74 Å². The monoisotopic (exact) mass is 279 g/mol. The van der Waals surface area contributed by atoms with E-state index in [0.717, 1.165) is 0 Å². The maximum atomic E-state index is 12.9. The maximum absolute atomic E-state index is 12.9. The van der Waals surface area contributed by atoms with E-state index in [0.29, 0.717) is 0 Å². The Morgan fingerprint density at radius 3 is 2.33 bits per heavy atom. The molecule has 0 unspecified atom stereocenters. The van der Waals surface area contributed by atoms with E-state index in [4.69, 9.17) is 0 Å². The Labute approximate surface area is 102 Å². The molecule has 100 valence electrons. The van der Waals surface area contributed by atoms with Crippen molar-refractivity contribution in [2.24, 2.45) is 0 Å². The van der Waals surface area contributed by atoms with Crippen molar-refractivity contribution in [3.63, 3.8) is 0 Å². The molecule has 0 saturated carbocycles. The lowest BCUT2D eigenvalue weighted by Crippen LogP contribution is -2.33. The molecule has 0 aliphatic rings. The number of ether oxygens (including phenoxy) is 1.